The van der Waals surface area contributed by atoms with Crippen LogP contribution in [-0.2, 0) is 19.4 Å². The first kappa shape index (κ1) is 15.9. The van der Waals surface area contributed by atoms with E-state index in [9.17, 15) is 18.0 Å². The number of carbonyl (C=O) groups is 2. The van der Waals surface area contributed by atoms with Crippen LogP contribution >= 0.6 is 0 Å². The van der Waals surface area contributed by atoms with E-state index in [2.05, 4.69) is 5.32 Å². The van der Waals surface area contributed by atoms with Gasteiger partial charge in [-0.1, -0.05) is 19.8 Å². The molecule has 0 atom stereocenters. The highest BCUT2D eigenvalue weighted by molar-refractivity contribution is 7.92. The van der Waals surface area contributed by atoms with Crippen LogP contribution in [0.1, 0.15) is 39.0 Å². The lowest BCUT2D eigenvalue weighted by atomic mass is 10.1. The van der Waals surface area contributed by atoms with Gasteiger partial charge < -0.3 is 10.4 Å². The van der Waals surface area contributed by atoms with Gasteiger partial charge in [-0.3, -0.25) is 9.59 Å². The second-order valence-electron chi connectivity index (χ2n) is 5.16. The zero-order valence-electron chi connectivity index (χ0n) is 11.1. The molecule has 7 heteroatoms. The second-order valence-corrected chi connectivity index (χ2v) is 7.35. The molecule has 0 aromatic carbocycles. The summed E-state index contributed by atoms with van der Waals surface area (Å²) in [5.74, 6) is -2.08. The van der Waals surface area contributed by atoms with Crippen molar-refractivity contribution in [3.8, 4) is 0 Å². The highest BCUT2D eigenvalue weighted by Gasteiger charge is 2.50. The Labute approximate surface area is 113 Å². The molecule has 0 unspecified atom stereocenters. The molecule has 0 radical (unpaired) electrons. The average Bonchev–Trinajstić information content (AvgIpc) is 3.07. The summed E-state index contributed by atoms with van der Waals surface area (Å²) in [6.45, 7) is 1.99. The van der Waals surface area contributed by atoms with Gasteiger partial charge in [0.2, 0.25) is 5.91 Å². The van der Waals surface area contributed by atoms with Crippen molar-refractivity contribution in [3.05, 3.63) is 0 Å². The first-order chi connectivity index (χ1) is 8.81. The third-order valence-electron chi connectivity index (χ3n) is 3.34. The van der Waals surface area contributed by atoms with Crippen molar-refractivity contribution in [2.75, 3.05) is 18.1 Å². The van der Waals surface area contributed by atoms with E-state index in [1.807, 2.05) is 6.92 Å². The first-order valence-corrected chi connectivity index (χ1v) is 8.34. The van der Waals surface area contributed by atoms with Gasteiger partial charge in [-0.25, -0.2) is 8.42 Å². The summed E-state index contributed by atoms with van der Waals surface area (Å²) in [4.78, 5) is 22.4. The molecule has 2 N–H and O–H groups in total. The van der Waals surface area contributed by atoms with E-state index in [0.717, 1.165) is 12.8 Å². The Morgan fingerprint density at radius 1 is 1.26 bits per heavy atom. The van der Waals surface area contributed by atoms with E-state index in [1.54, 1.807) is 0 Å². The van der Waals surface area contributed by atoms with Crippen LogP contribution in [0, 0.1) is 5.41 Å². The monoisotopic (exact) mass is 291 g/mol. The number of unbranched alkanes of at least 4 members (excludes halogenated alkanes) is 2. The fraction of sp³-hybridized carbons (Fsp3) is 0.833. The van der Waals surface area contributed by atoms with Gasteiger partial charge in [0.1, 0.15) is 5.75 Å². The lowest BCUT2D eigenvalue weighted by Crippen LogP contribution is -2.37. The predicted molar refractivity (Wildman–Crippen MR) is 70.5 cm³/mol. The van der Waals surface area contributed by atoms with Gasteiger partial charge in [0.05, 0.1) is 11.2 Å². The molecule has 1 amide bonds. The van der Waals surface area contributed by atoms with E-state index in [0.29, 0.717) is 19.3 Å². The molecule has 0 heterocycles. The van der Waals surface area contributed by atoms with E-state index in [-0.39, 0.29) is 12.3 Å². The van der Waals surface area contributed by atoms with Crippen LogP contribution in [0.25, 0.3) is 0 Å². The molecule has 1 fully saturated rings. The molecule has 0 aromatic heterocycles. The molecule has 1 rings (SSSR count). The van der Waals surface area contributed by atoms with Gasteiger partial charge in [-0.05, 0) is 19.3 Å². The van der Waals surface area contributed by atoms with Crippen molar-refractivity contribution in [1.82, 2.24) is 5.32 Å². The number of sulfone groups is 1. The summed E-state index contributed by atoms with van der Waals surface area (Å²) in [5.41, 5.74) is -0.859. The minimum absolute atomic E-state index is 0.0122. The first-order valence-electron chi connectivity index (χ1n) is 6.52. The summed E-state index contributed by atoms with van der Waals surface area (Å²) in [5, 5.41) is 11.3. The number of carboxylic acid groups (broad SMARTS) is 1. The van der Waals surface area contributed by atoms with E-state index >= 15 is 0 Å². The molecule has 0 aliphatic heterocycles. The summed E-state index contributed by atoms with van der Waals surface area (Å²) in [6, 6.07) is 0. The van der Waals surface area contributed by atoms with E-state index in [1.165, 1.54) is 0 Å². The van der Waals surface area contributed by atoms with Gasteiger partial charge in [0, 0.05) is 6.54 Å². The van der Waals surface area contributed by atoms with Crippen LogP contribution < -0.4 is 5.32 Å². The molecule has 19 heavy (non-hydrogen) atoms. The Morgan fingerprint density at radius 2 is 1.89 bits per heavy atom. The third kappa shape index (κ3) is 5.18. The van der Waals surface area contributed by atoms with Crippen molar-refractivity contribution in [2.45, 2.75) is 39.0 Å². The molecule has 1 saturated carbocycles. The number of carbonyl (C=O) groups excluding carboxylic acids is 1. The smallest absolute Gasteiger partial charge is 0.311 e. The van der Waals surface area contributed by atoms with Crippen LogP contribution in [0.3, 0.4) is 0 Å². The molecular weight excluding hydrogens is 270 g/mol. The van der Waals surface area contributed by atoms with Crippen LogP contribution in [0.15, 0.2) is 0 Å². The van der Waals surface area contributed by atoms with Crippen LogP contribution in [0.4, 0.5) is 0 Å². The van der Waals surface area contributed by atoms with Gasteiger partial charge in [-0.2, -0.15) is 0 Å². The molecule has 1 aliphatic carbocycles. The van der Waals surface area contributed by atoms with Crippen molar-refractivity contribution in [1.29, 1.82) is 0 Å². The highest BCUT2D eigenvalue weighted by Crippen LogP contribution is 2.45. The van der Waals surface area contributed by atoms with Crippen molar-refractivity contribution < 1.29 is 23.1 Å². The van der Waals surface area contributed by atoms with Gasteiger partial charge in [0.15, 0.2) is 9.84 Å². The van der Waals surface area contributed by atoms with E-state index < -0.39 is 32.9 Å². The minimum Gasteiger partial charge on any atom is -0.481 e. The number of amides is 1. The number of rotatable bonds is 9. The SMILES string of the molecule is CCCCCS(=O)(=O)CC(=O)NCC1(C(=O)O)CC1. The standard InChI is InChI=1S/C12H21NO5S/c1-2-3-4-7-19(17,18)8-10(14)13-9-12(5-6-12)11(15)16/h2-9H2,1H3,(H,13,14)(H,15,16). The topological polar surface area (TPSA) is 101 Å². The fourth-order valence-electron chi connectivity index (χ4n) is 1.78. The molecular formula is C12H21NO5S. The molecule has 1 aliphatic rings. The maximum absolute atomic E-state index is 11.6. The van der Waals surface area contributed by atoms with Gasteiger partial charge >= 0.3 is 5.97 Å². The highest BCUT2D eigenvalue weighted by atomic mass is 32.2. The maximum atomic E-state index is 11.6. The Balaban J connectivity index is 2.33. The molecule has 0 saturated heterocycles. The summed E-state index contributed by atoms with van der Waals surface area (Å²) >= 11 is 0. The quantitative estimate of drug-likeness (QED) is 0.605. The second kappa shape index (κ2) is 6.36. The maximum Gasteiger partial charge on any atom is 0.311 e. The zero-order chi connectivity index (χ0) is 14.5. The number of aliphatic carboxylic acids is 1. The number of hydrogen-bond acceptors (Lipinski definition) is 4. The molecule has 0 spiro atoms. The Hall–Kier alpha value is -1.11. The van der Waals surface area contributed by atoms with Crippen LogP contribution in [0.2, 0.25) is 0 Å². The van der Waals surface area contributed by atoms with Gasteiger partial charge in [0.25, 0.3) is 0 Å². The third-order valence-corrected chi connectivity index (χ3v) is 4.95. The number of nitrogens with one attached hydrogen (secondary N) is 1. The number of hydrogen-bond donors (Lipinski definition) is 2. The minimum atomic E-state index is -3.38. The summed E-state index contributed by atoms with van der Waals surface area (Å²) < 4.78 is 23.2. The normalized spacial score (nSPS) is 16.9. The molecule has 0 aromatic rings. The Bertz CT molecular complexity index is 439. The predicted octanol–water partition coefficient (Wildman–Crippen LogP) is 0.572. The molecule has 0 bridgehead atoms. The molecule has 110 valence electrons. The number of carboxylic acids is 1. The average molecular weight is 291 g/mol. The van der Waals surface area contributed by atoms with Crippen molar-refractivity contribution in [3.63, 3.8) is 0 Å². The Morgan fingerprint density at radius 3 is 2.37 bits per heavy atom. The fourth-order valence-corrected chi connectivity index (χ4v) is 3.07. The van der Waals surface area contributed by atoms with Crippen molar-refractivity contribution in [2.24, 2.45) is 5.41 Å². The summed E-state index contributed by atoms with van der Waals surface area (Å²) in [6.07, 6.45) is 3.37. The van der Waals surface area contributed by atoms with Gasteiger partial charge in [-0.15, -0.1) is 0 Å². The largest absolute Gasteiger partial charge is 0.481 e. The summed E-state index contributed by atoms with van der Waals surface area (Å²) in [7, 11) is -3.38. The lowest BCUT2D eigenvalue weighted by Gasteiger charge is -2.11. The zero-order valence-corrected chi connectivity index (χ0v) is 12.0. The van der Waals surface area contributed by atoms with E-state index in [4.69, 9.17) is 5.11 Å². The molecule has 6 nitrogen and oxygen atoms in total. The Kier molecular flexibility index (Phi) is 5.34. The lowest BCUT2D eigenvalue weighted by molar-refractivity contribution is -0.143. The van der Waals surface area contributed by atoms with Crippen LogP contribution in [0.5, 0.6) is 0 Å². The van der Waals surface area contributed by atoms with Crippen LogP contribution in [-0.4, -0.2) is 43.5 Å². The van der Waals surface area contributed by atoms with Crippen molar-refractivity contribution >= 4 is 21.7 Å².